The molecule has 25 heavy (non-hydrogen) atoms. The Labute approximate surface area is 148 Å². The average Bonchev–Trinajstić information content (AvgIpc) is 2.68. The lowest BCUT2D eigenvalue weighted by molar-refractivity contribution is -0.131. The third-order valence-corrected chi connectivity index (χ3v) is 4.36. The van der Waals surface area contributed by atoms with Crippen LogP contribution in [-0.4, -0.2) is 42.1 Å². The minimum atomic E-state index is -0.0158. The van der Waals surface area contributed by atoms with Crippen molar-refractivity contribution < 1.29 is 14.6 Å². The number of carbonyl (C=O) groups excluding carboxylic acids is 1. The first-order valence-corrected chi connectivity index (χ1v) is 8.70. The number of carbonyl (C=O) groups is 1. The van der Waals surface area contributed by atoms with Crippen LogP contribution in [-0.2, 0) is 17.8 Å². The van der Waals surface area contributed by atoms with Crippen molar-refractivity contribution in [2.24, 2.45) is 0 Å². The van der Waals surface area contributed by atoms with Crippen LogP contribution in [0.15, 0.2) is 48.5 Å². The number of piperazine rings is 1. The van der Waals surface area contributed by atoms with E-state index in [0.717, 1.165) is 43.1 Å². The van der Waals surface area contributed by atoms with E-state index in [0.29, 0.717) is 18.6 Å². The summed E-state index contributed by atoms with van der Waals surface area (Å²) in [5.74, 6) is 1.64. The van der Waals surface area contributed by atoms with Crippen LogP contribution in [0.1, 0.15) is 17.5 Å². The zero-order valence-corrected chi connectivity index (χ0v) is 14.3. The monoisotopic (exact) mass is 340 g/mol. The summed E-state index contributed by atoms with van der Waals surface area (Å²) < 4.78 is 5.98. The van der Waals surface area contributed by atoms with E-state index >= 15 is 0 Å². The number of amides is 1. The zero-order valence-electron chi connectivity index (χ0n) is 14.3. The van der Waals surface area contributed by atoms with Crippen LogP contribution in [0.25, 0.3) is 0 Å². The Balaban J connectivity index is 1.65. The van der Waals surface area contributed by atoms with Gasteiger partial charge in [0.1, 0.15) is 11.5 Å². The number of hydrogen-bond acceptors (Lipinski definition) is 4. The molecule has 2 N–H and O–H groups in total. The van der Waals surface area contributed by atoms with Crippen molar-refractivity contribution >= 4 is 5.91 Å². The molecule has 132 valence electrons. The molecule has 1 fully saturated rings. The quantitative estimate of drug-likeness (QED) is 0.847. The van der Waals surface area contributed by atoms with Crippen molar-refractivity contribution in [2.45, 2.75) is 19.4 Å². The van der Waals surface area contributed by atoms with Gasteiger partial charge in [-0.05, 0) is 35.7 Å². The van der Waals surface area contributed by atoms with E-state index < -0.39 is 0 Å². The first-order chi connectivity index (χ1) is 12.3. The molecule has 1 aliphatic rings. The Kier molecular flexibility index (Phi) is 6.04. The molecule has 0 aliphatic carbocycles. The lowest BCUT2D eigenvalue weighted by Crippen LogP contribution is -2.46. The molecular weight excluding hydrogens is 316 g/mol. The van der Waals surface area contributed by atoms with Crippen molar-refractivity contribution in [1.82, 2.24) is 10.2 Å². The summed E-state index contributed by atoms with van der Waals surface area (Å²) in [4.78, 5) is 14.3. The summed E-state index contributed by atoms with van der Waals surface area (Å²) in [6, 6.07) is 15.2. The summed E-state index contributed by atoms with van der Waals surface area (Å²) in [7, 11) is 0. The topological polar surface area (TPSA) is 61.8 Å². The third kappa shape index (κ3) is 4.81. The summed E-state index contributed by atoms with van der Waals surface area (Å²) in [5, 5.41) is 12.5. The Morgan fingerprint density at radius 3 is 2.72 bits per heavy atom. The second-order valence-corrected chi connectivity index (χ2v) is 6.15. The molecule has 0 unspecified atom stereocenters. The van der Waals surface area contributed by atoms with Gasteiger partial charge >= 0.3 is 0 Å². The Morgan fingerprint density at radius 1 is 1.12 bits per heavy atom. The van der Waals surface area contributed by atoms with Gasteiger partial charge in [0.15, 0.2) is 0 Å². The average molecular weight is 340 g/mol. The van der Waals surface area contributed by atoms with Crippen molar-refractivity contribution in [3.8, 4) is 11.5 Å². The first-order valence-electron chi connectivity index (χ1n) is 8.70. The fourth-order valence-corrected chi connectivity index (χ4v) is 2.96. The van der Waals surface area contributed by atoms with E-state index in [1.54, 1.807) is 0 Å². The standard InChI is InChI=1S/C20H24N2O3/c23-15-16-4-3-6-18(14-16)25-19-7-2-1-5-17(19)8-9-20(24)22-12-10-21-11-13-22/h1-7,14,21,23H,8-13,15H2. The molecule has 1 amide bonds. The normalized spacial score (nSPS) is 14.4. The van der Waals surface area contributed by atoms with E-state index in [4.69, 9.17) is 4.74 Å². The van der Waals surface area contributed by atoms with Crippen LogP contribution < -0.4 is 10.1 Å². The molecule has 1 heterocycles. The summed E-state index contributed by atoms with van der Waals surface area (Å²) >= 11 is 0. The molecule has 5 heteroatoms. The maximum Gasteiger partial charge on any atom is 0.222 e. The minimum Gasteiger partial charge on any atom is -0.457 e. The van der Waals surface area contributed by atoms with E-state index in [1.807, 2.05) is 53.4 Å². The Morgan fingerprint density at radius 2 is 1.92 bits per heavy atom. The molecule has 0 spiro atoms. The van der Waals surface area contributed by atoms with Gasteiger partial charge in [-0.25, -0.2) is 0 Å². The van der Waals surface area contributed by atoms with Crippen LogP contribution in [0.2, 0.25) is 0 Å². The van der Waals surface area contributed by atoms with Gasteiger partial charge in [-0.15, -0.1) is 0 Å². The number of para-hydroxylation sites is 1. The molecule has 2 aromatic carbocycles. The smallest absolute Gasteiger partial charge is 0.222 e. The number of aliphatic hydroxyl groups is 1. The van der Waals surface area contributed by atoms with Crippen LogP contribution in [0.3, 0.4) is 0 Å². The number of aryl methyl sites for hydroxylation is 1. The highest BCUT2D eigenvalue weighted by Crippen LogP contribution is 2.27. The number of benzene rings is 2. The third-order valence-electron chi connectivity index (χ3n) is 4.36. The van der Waals surface area contributed by atoms with Gasteiger partial charge in [0.2, 0.25) is 5.91 Å². The summed E-state index contributed by atoms with van der Waals surface area (Å²) in [5.41, 5.74) is 1.82. The van der Waals surface area contributed by atoms with E-state index in [2.05, 4.69) is 5.32 Å². The van der Waals surface area contributed by atoms with Crippen molar-refractivity contribution in [3.05, 3.63) is 59.7 Å². The van der Waals surface area contributed by atoms with E-state index in [1.165, 1.54) is 0 Å². The number of nitrogens with one attached hydrogen (secondary N) is 1. The Bertz CT molecular complexity index is 712. The highest BCUT2D eigenvalue weighted by molar-refractivity contribution is 5.76. The molecule has 0 atom stereocenters. The van der Waals surface area contributed by atoms with Gasteiger partial charge in [0.25, 0.3) is 0 Å². The zero-order chi connectivity index (χ0) is 17.5. The largest absolute Gasteiger partial charge is 0.457 e. The van der Waals surface area contributed by atoms with Crippen LogP contribution >= 0.6 is 0 Å². The molecular formula is C20H24N2O3. The van der Waals surface area contributed by atoms with Crippen molar-refractivity contribution in [1.29, 1.82) is 0 Å². The van der Waals surface area contributed by atoms with Gasteiger partial charge < -0.3 is 20.1 Å². The van der Waals surface area contributed by atoms with Crippen LogP contribution in [0.4, 0.5) is 0 Å². The maximum atomic E-state index is 12.4. The SMILES string of the molecule is O=C(CCc1ccccc1Oc1cccc(CO)c1)N1CCNCC1. The number of aliphatic hydroxyl groups excluding tert-OH is 1. The second kappa shape index (κ2) is 8.65. The molecule has 3 rings (SSSR count). The van der Waals surface area contributed by atoms with Crippen LogP contribution in [0, 0.1) is 0 Å². The van der Waals surface area contributed by atoms with Gasteiger partial charge in [-0.2, -0.15) is 0 Å². The maximum absolute atomic E-state index is 12.4. The molecule has 5 nitrogen and oxygen atoms in total. The van der Waals surface area contributed by atoms with E-state index in [9.17, 15) is 9.90 Å². The molecule has 0 aromatic heterocycles. The highest BCUT2D eigenvalue weighted by Gasteiger charge is 2.16. The van der Waals surface area contributed by atoms with Crippen molar-refractivity contribution in [3.63, 3.8) is 0 Å². The fraction of sp³-hybridized carbons (Fsp3) is 0.350. The van der Waals surface area contributed by atoms with Gasteiger partial charge in [0.05, 0.1) is 6.61 Å². The molecule has 0 bridgehead atoms. The lowest BCUT2D eigenvalue weighted by Gasteiger charge is -2.27. The number of ether oxygens (including phenoxy) is 1. The number of nitrogens with zero attached hydrogens (tertiary/aromatic N) is 1. The van der Waals surface area contributed by atoms with E-state index in [-0.39, 0.29) is 12.5 Å². The molecule has 0 saturated carbocycles. The lowest BCUT2D eigenvalue weighted by atomic mass is 10.1. The minimum absolute atomic E-state index is 0.0158. The second-order valence-electron chi connectivity index (χ2n) is 6.15. The number of hydrogen-bond donors (Lipinski definition) is 2. The van der Waals surface area contributed by atoms with Crippen LogP contribution in [0.5, 0.6) is 11.5 Å². The molecule has 1 aliphatic heterocycles. The predicted molar refractivity (Wildman–Crippen MR) is 96.7 cm³/mol. The highest BCUT2D eigenvalue weighted by atomic mass is 16.5. The molecule has 0 radical (unpaired) electrons. The molecule has 1 saturated heterocycles. The van der Waals surface area contributed by atoms with Gasteiger partial charge in [0, 0.05) is 32.6 Å². The van der Waals surface area contributed by atoms with Gasteiger partial charge in [-0.3, -0.25) is 4.79 Å². The predicted octanol–water partition coefficient (Wildman–Crippen LogP) is 2.34. The molecule has 2 aromatic rings. The first kappa shape index (κ1) is 17.5. The summed E-state index contributed by atoms with van der Waals surface area (Å²) in [6.07, 6.45) is 1.13. The number of rotatable bonds is 6. The fourth-order valence-electron chi connectivity index (χ4n) is 2.96. The summed E-state index contributed by atoms with van der Waals surface area (Å²) in [6.45, 7) is 3.28. The van der Waals surface area contributed by atoms with Gasteiger partial charge in [-0.1, -0.05) is 30.3 Å². The Hall–Kier alpha value is -2.37. The van der Waals surface area contributed by atoms with Crippen molar-refractivity contribution in [2.75, 3.05) is 26.2 Å².